The van der Waals surface area contributed by atoms with Crippen LogP contribution in [0.4, 0.5) is 14.5 Å². The molecule has 1 aromatic carbocycles. The van der Waals surface area contributed by atoms with Crippen molar-refractivity contribution in [2.75, 3.05) is 5.32 Å². The van der Waals surface area contributed by atoms with Crippen LogP contribution in [0.1, 0.15) is 62.2 Å². The van der Waals surface area contributed by atoms with Gasteiger partial charge in [0.15, 0.2) is 0 Å². The Balaban J connectivity index is 0.00000107. The molecule has 0 saturated carbocycles. The lowest BCUT2D eigenvalue weighted by molar-refractivity contribution is -0.112. The van der Waals surface area contributed by atoms with Gasteiger partial charge in [-0.05, 0) is 74.6 Å². The average molecular weight is 510 g/mol. The Hall–Kier alpha value is -3.54. The van der Waals surface area contributed by atoms with Gasteiger partial charge in [-0.1, -0.05) is 68.4 Å². The molecule has 3 rings (SSSR count). The van der Waals surface area contributed by atoms with Gasteiger partial charge < -0.3 is 10.3 Å². The lowest BCUT2D eigenvalue weighted by Gasteiger charge is -2.37. The Morgan fingerprint density at radius 2 is 1.92 bits per heavy atom. The fourth-order valence-corrected chi connectivity index (χ4v) is 4.38. The summed E-state index contributed by atoms with van der Waals surface area (Å²) >= 11 is 0. The van der Waals surface area contributed by atoms with Crippen molar-refractivity contribution in [3.8, 4) is 0 Å². The molecule has 1 heterocycles. The minimum atomic E-state index is -0.804. The zero-order valence-corrected chi connectivity index (χ0v) is 22.7. The molecule has 0 aliphatic heterocycles. The first kappa shape index (κ1) is 29.7. The topological polar surface area (TPSA) is 57.8 Å². The summed E-state index contributed by atoms with van der Waals surface area (Å²) in [4.78, 5) is 18.5. The largest absolute Gasteiger partial charge is 0.351 e. The molecular weight excluding hydrogens is 468 g/mol. The number of imidazole rings is 1. The fraction of sp³-hybridized carbons (Fsp3) is 0.355. The average Bonchev–Trinajstić information content (AvgIpc) is 3.41. The highest BCUT2D eigenvalue weighted by Gasteiger charge is 2.30. The van der Waals surface area contributed by atoms with Crippen LogP contribution in [0.2, 0.25) is 0 Å². The first-order chi connectivity index (χ1) is 17.5. The lowest BCUT2D eigenvalue weighted by Crippen LogP contribution is -2.24. The van der Waals surface area contributed by atoms with Crippen molar-refractivity contribution in [1.29, 1.82) is 0 Å². The Labute approximate surface area is 221 Å². The van der Waals surface area contributed by atoms with Crippen molar-refractivity contribution >= 4 is 11.6 Å². The van der Waals surface area contributed by atoms with E-state index < -0.39 is 23.2 Å². The van der Waals surface area contributed by atoms with Crippen molar-refractivity contribution in [3.05, 3.63) is 107 Å². The maximum Gasteiger partial charge on any atom is 0.248 e. The van der Waals surface area contributed by atoms with E-state index in [1.807, 2.05) is 19.1 Å². The van der Waals surface area contributed by atoms with Crippen LogP contribution in [0.25, 0.3) is 0 Å². The minimum Gasteiger partial charge on any atom is -0.351 e. The molecule has 1 aliphatic carbocycles. The standard InChI is InChI=1S/C28H35F2NO.C3H4N2.H2/c1-7-22-16-17-28(5,6)23(21(22)4)15-14-19(2)10-8-11-20(3)18-26(32)31-27-24(29)12-9-13-25(27)30;1-2-5-3-4-1;/h8-15,18,22H,7,16-17H2,1-6H3,(H,31,32);1-3H,(H,4,5);1H/b11-8+,15-14+,19-10+,20-18+;;. The van der Waals surface area contributed by atoms with Crippen molar-refractivity contribution in [3.63, 3.8) is 0 Å². The van der Waals surface area contributed by atoms with Gasteiger partial charge in [-0.3, -0.25) is 4.79 Å². The third kappa shape index (κ3) is 9.45. The quantitative estimate of drug-likeness (QED) is 0.290. The normalized spacial score (nSPS) is 18.2. The smallest absolute Gasteiger partial charge is 0.248 e. The molecule has 4 nitrogen and oxygen atoms in total. The van der Waals surface area contributed by atoms with Crippen LogP contribution in [-0.4, -0.2) is 15.9 Å². The highest BCUT2D eigenvalue weighted by molar-refractivity contribution is 6.00. The van der Waals surface area contributed by atoms with E-state index in [0.29, 0.717) is 11.5 Å². The lowest BCUT2D eigenvalue weighted by atomic mass is 9.68. The first-order valence-corrected chi connectivity index (χ1v) is 12.7. The summed E-state index contributed by atoms with van der Waals surface area (Å²) in [5.74, 6) is -1.52. The van der Waals surface area contributed by atoms with E-state index in [1.165, 1.54) is 42.6 Å². The molecule has 1 amide bonds. The van der Waals surface area contributed by atoms with E-state index in [1.54, 1.807) is 31.7 Å². The molecular formula is C31H41F2N3O. The molecule has 6 heteroatoms. The number of para-hydroxylation sites is 1. The van der Waals surface area contributed by atoms with Gasteiger partial charge in [-0.25, -0.2) is 13.8 Å². The molecule has 0 bridgehead atoms. The molecule has 1 atom stereocenters. The van der Waals surface area contributed by atoms with Gasteiger partial charge in [-0.15, -0.1) is 0 Å². The summed E-state index contributed by atoms with van der Waals surface area (Å²) in [6.07, 6.45) is 20.0. The Morgan fingerprint density at radius 1 is 1.22 bits per heavy atom. The molecule has 1 aliphatic rings. The van der Waals surface area contributed by atoms with E-state index in [4.69, 9.17) is 0 Å². The summed E-state index contributed by atoms with van der Waals surface area (Å²) in [7, 11) is 0. The van der Waals surface area contributed by atoms with Crippen LogP contribution in [0.15, 0.2) is 95.7 Å². The zero-order chi connectivity index (χ0) is 27.4. The van der Waals surface area contributed by atoms with Crippen LogP contribution in [0.5, 0.6) is 0 Å². The molecule has 200 valence electrons. The molecule has 0 spiro atoms. The van der Waals surface area contributed by atoms with Crippen LogP contribution in [0, 0.1) is 23.0 Å². The Kier molecular flexibility index (Phi) is 11.4. The monoisotopic (exact) mass is 509 g/mol. The SMILES string of the molecule is CCC1CCC(C)(C)C(/C=C/C(C)=C/C=C/C(C)=C/C(=O)Nc2c(F)cccc2F)=C1C.[HH].c1c[nH]cn1. The fourth-order valence-electron chi connectivity index (χ4n) is 4.38. The summed E-state index contributed by atoms with van der Waals surface area (Å²) in [6.45, 7) is 12.9. The number of hydrogen-bond donors (Lipinski definition) is 2. The van der Waals surface area contributed by atoms with Crippen molar-refractivity contribution in [2.45, 2.75) is 60.8 Å². The third-order valence-corrected chi connectivity index (χ3v) is 6.58. The highest BCUT2D eigenvalue weighted by atomic mass is 19.1. The number of halogens is 2. The van der Waals surface area contributed by atoms with Crippen molar-refractivity contribution in [2.24, 2.45) is 11.3 Å². The number of H-pyrrole nitrogens is 1. The molecule has 0 saturated heterocycles. The van der Waals surface area contributed by atoms with Gasteiger partial charge in [0.2, 0.25) is 5.91 Å². The molecule has 1 unspecified atom stereocenters. The number of anilines is 1. The van der Waals surface area contributed by atoms with Gasteiger partial charge in [-0.2, -0.15) is 0 Å². The molecule has 2 N–H and O–H groups in total. The van der Waals surface area contributed by atoms with E-state index in [2.05, 4.69) is 55.1 Å². The van der Waals surface area contributed by atoms with E-state index in [0.717, 1.165) is 17.7 Å². The summed E-state index contributed by atoms with van der Waals surface area (Å²) in [6, 6.07) is 3.46. The number of carbonyl (C=O) groups excluding carboxylic acids is 1. The van der Waals surface area contributed by atoms with Gasteiger partial charge >= 0.3 is 0 Å². The number of hydrogen-bond acceptors (Lipinski definition) is 2. The Bertz CT molecular complexity index is 1150. The zero-order valence-electron chi connectivity index (χ0n) is 22.7. The van der Waals surface area contributed by atoms with Gasteiger partial charge in [0, 0.05) is 19.9 Å². The predicted molar refractivity (Wildman–Crippen MR) is 151 cm³/mol. The number of rotatable bonds is 7. The highest BCUT2D eigenvalue weighted by Crippen LogP contribution is 2.44. The van der Waals surface area contributed by atoms with E-state index >= 15 is 0 Å². The second-order valence-corrected chi connectivity index (χ2v) is 9.96. The van der Waals surface area contributed by atoms with Crippen molar-refractivity contribution in [1.82, 2.24) is 9.97 Å². The summed E-state index contributed by atoms with van der Waals surface area (Å²) in [5, 5.41) is 2.25. The van der Waals surface area contributed by atoms with Gasteiger partial charge in [0.1, 0.15) is 17.3 Å². The van der Waals surface area contributed by atoms with E-state index in [-0.39, 0.29) is 6.84 Å². The molecule has 0 fully saturated rings. The predicted octanol–water partition coefficient (Wildman–Crippen LogP) is 8.73. The number of nitrogens with one attached hydrogen (secondary N) is 2. The number of benzene rings is 1. The molecule has 1 aromatic heterocycles. The number of aromatic amines is 1. The van der Waals surface area contributed by atoms with Crippen molar-refractivity contribution < 1.29 is 15.0 Å². The minimum absolute atomic E-state index is 0. The summed E-state index contributed by atoms with van der Waals surface area (Å²) in [5.41, 5.74) is 4.45. The number of allylic oxidation sites excluding steroid dienone is 9. The number of carbonyl (C=O) groups is 1. The number of nitrogens with zero attached hydrogens (tertiary/aromatic N) is 1. The third-order valence-electron chi connectivity index (χ3n) is 6.58. The van der Waals surface area contributed by atoms with E-state index in [9.17, 15) is 13.6 Å². The number of aromatic nitrogens is 2. The number of amides is 1. The van der Waals surface area contributed by atoms with Gasteiger partial charge in [0.25, 0.3) is 0 Å². The summed E-state index contributed by atoms with van der Waals surface area (Å²) < 4.78 is 27.3. The van der Waals surface area contributed by atoms with Crippen LogP contribution >= 0.6 is 0 Å². The molecule has 37 heavy (non-hydrogen) atoms. The maximum atomic E-state index is 13.7. The first-order valence-electron chi connectivity index (χ1n) is 12.7. The molecule has 2 aromatic rings. The molecule has 0 radical (unpaired) electrons. The second-order valence-electron chi connectivity index (χ2n) is 9.96. The maximum absolute atomic E-state index is 13.7. The van der Waals surface area contributed by atoms with Crippen LogP contribution < -0.4 is 5.32 Å². The second kappa shape index (κ2) is 14.3. The van der Waals surface area contributed by atoms with Gasteiger partial charge in [0.05, 0.1) is 6.33 Å². The van der Waals surface area contributed by atoms with Crippen LogP contribution in [0.3, 0.4) is 0 Å². The Morgan fingerprint density at radius 3 is 2.49 bits per heavy atom. The van der Waals surface area contributed by atoms with Crippen LogP contribution in [-0.2, 0) is 4.79 Å².